The van der Waals surface area contributed by atoms with Crippen LogP contribution in [0.3, 0.4) is 0 Å². The van der Waals surface area contributed by atoms with Gasteiger partial charge >= 0.3 is 0 Å². The number of guanidine groups is 1. The molecule has 4 nitrogen and oxygen atoms in total. The van der Waals surface area contributed by atoms with Gasteiger partial charge in [-0.3, -0.25) is 4.99 Å². The Labute approximate surface area is 115 Å². The third kappa shape index (κ3) is 2.59. The first-order valence-electron chi connectivity index (χ1n) is 6.86. The van der Waals surface area contributed by atoms with Crippen molar-refractivity contribution in [2.75, 3.05) is 26.8 Å². The largest absolute Gasteiger partial charge is 0.383 e. The van der Waals surface area contributed by atoms with Crippen LogP contribution in [0.4, 0.5) is 0 Å². The Morgan fingerprint density at radius 3 is 2.74 bits per heavy atom. The Bertz CT molecular complexity index is 432. The Morgan fingerprint density at radius 2 is 2.11 bits per heavy atom. The monoisotopic (exact) mass is 261 g/mol. The number of hydrogen-bond donors (Lipinski definition) is 1. The van der Waals surface area contributed by atoms with Gasteiger partial charge in [0.1, 0.15) is 0 Å². The van der Waals surface area contributed by atoms with E-state index in [-0.39, 0.29) is 5.54 Å². The second kappa shape index (κ2) is 6.06. The lowest BCUT2D eigenvalue weighted by Crippen LogP contribution is -2.50. The van der Waals surface area contributed by atoms with Crippen molar-refractivity contribution in [3.63, 3.8) is 0 Å². The summed E-state index contributed by atoms with van der Waals surface area (Å²) >= 11 is 0. The molecule has 0 saturated carbocycles. The molecule has 1 aromatic rings. The summed E-state index contributed by atoms with van der Waals surface area (Å²) in [5.41, 5.74) is 7.27. The van der Waals surface area contributed by atoms with E-state index in [2.05, 4.69) is 41.1 Å². The van der Waals surface area contributed by atoms with Crippen molar-refractivity contribution in [3.05, 3.63) is 35.9 Å². The molecule has 0 aromatic heterocycles. The van der Waals surface area contributed by atoms with E-state index < -0.39 is 0 Å². The predicted molar refractivity (Wildman–Crippen MR) is 78.1 cm³/mol. The summed E-state index contributed by atoms with van der Waals surface area (Å²) in [4.78, 5) is 6.69. The molecule has 0 spiro atoms. The second-order valence-electron chi connectivity index (χ2n) is 4.97. The number of nitrogens with two attached hydrogens (primary N) is 1. The molecule has 0 fully saturated rings. The summed E-state index contributed by atoms with van der Waals surface area (Å²) in [7, 11) is 1.72. The van der Waals surface area contributed by atoms with Gasteiger partial charge < -0.3 is 15.4 Å². The Kier molecular flexibility index (Phi) is 4.43. The molecule has 0 radical (unpaired) electrons. The highest BCUT2D eigenvalue weighted by Crippen LogP contribution is 2.37. The van der Waals surface area contributed by atoms with Gasteiger partial charge in [0.15, 0.2) is 5.96 Å². The van der Waals surface area contributed by atoms with Gasteiger partial charge in [0.25, 0.3) is 0 Å². The van der Waals surface area contributed by atoms with Crippen LogP contribution >= 0.6 is 0 Å². The summed E-state index contributed by atoms with van der Waals surface area (Å²) in [5.74, 6) is 0.634. The van der Waals surface area contributed by atoms with Gasteiger partial charge in [-0.05, 0) is 12.0 Å². The van der Waals surface area contributed by atoms with Crippen LogP contribution in [0.25, 0.3) is 0 Å². The van der Waals surface area contributed by atoms with E-state index in [1.165, 1.54) is 5.56 Å². The highest BCUT2D eigenvalue weighted by atomic mass is 16.5. The lowest BCUT2D eigenvalue weighted by molar-refractivity contribution is 0.121. The standard InChI is InChI=1S/C15H23N3O/c1-3-9-15(13-7-5-4-6-8-13)12-17-14(16)18(15)10-11-19-2/h4-8H,3,9-12H2,1-2H3,(H2,16,17). The number of hydrogen-bond acceptors (Lipinski definition) is 4. The molecule has 0 amide bonds. The van der Waals surface area contributed by atoms with Crippen LogP contribution in [0.5, 0.6) is 0 Å². The number of aliphatic imine (C=N–C) groups is 1. The molecule has 19 heavy (non-hydrogen) atoms. The molecular weight excluding hydrogens is 238 g/mol. The molecule has 1 heterocycles. The van der Waals surface area contributed by atoms with Crippen molar-refractivity contribution in [1.82, 2.24) is 4.90 Å². The van der Waals surface area contributed by atoms with Gasteiger partial charge in [-0.25, -0.2) is 0 Å². The summed E-state index contributed by atoms with van der Waals surface area (Å²) in [6.07, 6.45) is 2.14. The fourth-order valence-corrected chi connectivity index (χ4v) is 2.88. The fourth-order valence-electron chi connectivity index (χ4n) is 2.88. The molecule has 0 bridgehead atoms. The first kappa shape index (κ1) is 13.9. The van der Waals surface area contributed by atoms with Gasteiger partial charge in [-0.2, -0.15) is 0 Å². The van der Waals surface area contributed by atoms with Crippen molar-refractivity contribution in [1.29, 1.82) is 0 Å². The van der Waals surface area contributed by atoms with Crippen LogP contribution in [-0.4, -0.2) is 37.7 Å². The Morgan fingerprint density at radius 1 is 1.37 bits per heavy atom. The van der Waals surface area contributed by atoms with Gasteiger partial charge in [-0.15, -0.1) is 0 Å². The van der Waals surface area contributed by atoms with Crippen molar-refractivity contribution in [3.8, 4) is 0 Å². The summed E-state index contributed by atoms with van der Waals surface area (Å²) < 4.78 is 5.21. The predicted octanol–water partition coefficient (Wildman–Crippen LogP) is 1.96. The van der Waals surface area contributed by atoms with E-state index in [1.807, 2.05) is 6.07 Å². The molecule has 1 unspecified atom stereocenters. The summed E-state index contributed by atoms with van der Waals surface area (Å²) in [6.45, 7) is 4.38. The van der Waals surface area contributed by atoms with Crippen LogP contribution in [0.2, 0.25) is 0 Å². The third-order valence-electron chi connectivity index (χ3n) is 3.79. The normalized spacial score (nSPS) is 22.6. The number of benzene rings is 1. The number of ether oxygens (including phenoxy) is 1. The lowest BCUT2D eigenvalue weighted by atomic mass is 9.84. The zero-order valence-corrected chi connectivity index (χ0v) is 11.8. The van der Waals surface area contributed by atoms with E-state index in [9.17, 15) is 0 Å². The van der Waals surface area contributed by atoms with E-state index in [4.69, 9.17) is 10.5 Å². The highest BCUT2D eigenvalue weighted by Gasteiger charge is 2.42. The van der Waals surface area contributed by atoms with Gasteiger partial charge in [0, 0.05) is 13.7 Å². The quantitative estimate of drug-likeness (QED) is 0.851. The van der Waals surface area contributed by atoms with Crippen molar-refractivity contribution >= 4 is 5.96 Å². The fraction of sp³-hybridized carbons (Fsp3) is 0.533. The van der Waals surface area contributed by atoms with Crippen molar-refractivity contribution in [2.45, 2.75) is 25.3 Å². The maximum absolute atomic E-state index is 6.08. The van der Waals surface area contributed by atoms with Crippen molar-refractivity contribution < 1.29 is 4.74 Å². The molecule has 104 valence electrons. The third-order valence-corrected chi connectivity index (χ3v) is 3.79. The number of methoxy groups -OCH3 is 1. The zero-order chi connectivity index (χ0) is 13.7. The zero-order valence-electron chi connectivity index (χ0n) is 11.8. The summed E-state index contributed by atoms with van der Waals surface area (Å²) in [6, 6.07) is 10.5. The minimum atomic E-state index is -0.0986. The average molecular weight is 261 g/mol. The maximum Gasteiger partial charge on any atom is 0.192 e. The molecule has 1 aliphatic rings. The number of nitrogens with zero attached hydrogens (tertiary/aromatic N) is 2. The molecule has 2 N–H and O–H groups in total. The number of rotatable bonds is 6. The van der Waals surface area contributed by atoms with Crippen molar-refractivity contribution in [2.24, 2.45) is 10.7 Å². The first-order chi connectivity index (χ1) is 9.24. The molecule has 2 rings (SSSR count). The minimum absolute atomic E-state index is 0.0986. The molecule has 1 atom stereocenters. The smallest absolute Gasteiger partial charge is 0.192 e. The highest BCUT2D eigenvalue weighted by molar-refractivity contribution is 5.81. The summed E-state index contributed by atoms with van der Waals surface area (Å²) in [5, 5.41) is 0. The average Bonchev–Trinajstić information content (AvgIpc) is 2.76. The topological polar surface area (TPSA) is 50.8 Å². The van der Waals surface area contributed by atoms with Gasteiger partial charge in [0.2, 0.25) is 0 Å². The van der Waals surface area contributed by atoms with Crippen LogP contribution in [0.1, 0.15) is 25.3 Å². The Hall–Kier alpha value is -1.55. The molecule has 1 aromatic carbocycles. The van der Waals surface area contributed by atoms with E-state index in [1.54, 1.807) is 7.11 Å². The Balaban J connectivity index is 2.33. The second-order valence-corrected chi connectivity index (χ2v) is 4.97. The lowest BCUT2D eigenvalue weighted by Gasteiger charge is -2.39. The molecule has 1 aliphatic heterocycles. The SMILES string of the molecule is CCCC1(c2ccccc2)CN=C(N)N1CCOC. The maximum atomic E-state index is 6.08. The van der Waals surface area contributed by atoms with Crippen LogP contribution in [0.15, 0.2) is 35.3 Å². The van der Waals surface area contributed by atoms with Crippen LogP contribution < -0.4 is 5.73 Å². The van der Waals surface area contributed by atoms with Gasteiger partial charge in [-0.1, -0.05) is 43.7 Å². The molecular formula is C15H23N3O. The van der Waals surface area contributed by atoms with Crippen LogP contribution in [0, 0.1) is 0 Å². The van der Waals surface area contributed by atoms with E-state index in [0.29, 0.717) is 12.6 Å². The van der Waals surface area contributed by atoms with E-state index in [0.717, 1.165) is 25.9 Å². The molecule has 4 heteroatoms. The minimum Gasteiger partial charge on any atom is -0.383 e. The van der Waals surface area contributed by atoms with Crippen LogP contribution in [-0.2, 0) is 10.3 Å². The molecule has 0 saturated heterocycles. The van der Waals surface area contributed by atoms with E-state index >= 15 is 0 Å². The first-order valence-corrected chi connectivity index (χ1v) is 6.86. The van der Waals surface area contributed by atoms with Gasteiger partial charge in [0.05, 0.1) is 18.7 Å². The molecule has 0 aliphatic carbocycles.